The van der Waals surface area contributed by atoms with Crippen LogP contribution in [0.2, 0.25) is 0 Å². The summed E-state index contributed by atoms with van der Waals surface area (Å²) in [6.45, 7) is 5.78. The highest BCUT2D eigenvalue weighted by Gasteiger charge is 2.33. The number of allylic oxidation sites excluding steroid dienone is 1. The quantitative estimate of drug-likeness (QED) is 0.544. The average Bonchev–Trinajstić information content (AvgIpc) is 3.55. The van der Waals surface area contributed by atoms with Crippen molar-refractivity contribution in [2.75, 3.05) is 24.6 Å². The number of aromatic nitrogens is 1. The highest BCUT2D eigenvalue weighted by Crippen LogP contribution is 2.30. The Labute approximate surface area is 194 Å². The van der Waals surface area contributed by atoms with Gasteiger partial charge < -0.3 is 14.1 Å². The number of hydrogen-bond donors (Lipinski definition) is 0. The van der Waals surface area contributed by atoms with Crippen molar-refractivity contribution in [3.8, 4) is 0 Å². The molecule has 7 nitrogen and oxygen atoms in total. The summed E-state index contributed by atoms with van der Waals surface area (Å²) in [4.78, 5) is 33.8. The SMILES string of the molecule is CCOC(=O)C1=C(C)N=c2s/c(=C\c3ccc(N4CCCC4)o3)c(=O)n2C1c1ccccc1. The number of benzene rings is 1. The molecule has 0 saturated carbocycles. The number of esters is 1. The second-order valence-corrected chi connectivity index (χ2v) is 9.09. The normalized spacial score (nSPS) is 18.4. The van der Waals surface area contributed by atoms with Crippen LogP contribution in [-0.2, 0) is 9.53 Å². The lowest BCUT2D eigenvalue weighted by Crippen LogP contribution is -2.39. The van der Waals surface area contributed by atoms with Crippen molar-refractivity contribution < 1.29 is 13.9 Å². The third kappa shape index (κ3) is 3.95. The Bertz CT molecular complexity index is 1390. The largest absolute Gasteiger partial charge is 0.463 e. The van der Waals surface area contributed by atoms with Crippen LogP contribution in [0, 0.1) is 0 Å². The second kappa shape index (κ2) is 8.86. The molecule has 1 aromatic carbocycles. The van der Waals surface area contributed by atoms with E-state index in [2.05, 4.69) is 9.89 Å². The van der Waals surface area contributed by atoms with Crippen molar-refractivity contribution in [2.45, 2.75) is 32.7 Å². The predicted molar refractivity (Wildman–Crippen MR) is 127 cm³/mol. The van der Waals surface area contributed by atoms with E-state index in [1.807, 2.05) is 42.5 Å². The first-order valence-electron chi connectivity index (χ1n) is 11.2. The lowest BCUT2D eigenvalue weighted by Gasteiger charge is -2.24. The van der Waals surface area contributed by atoms with Crippen LogP contribution < -0.4 is 19.8 Å². The summed E-state index contributed by atoms with van der Waals surface area (Å²) in [7, 11) is 0. The summed E-state index contributed by atoms with van der Waals surface area (Å²) in [5.74, 6) is 0.997. The van der Waals surface area contributed by atoms with Crippen molar-refractivity contribution in [1.82, 2.24) is 4.57 Å². The third-order valence-electron chi connectivity index (χ3n) is 5.94. The number of rotatable bonds is 5. The van der Waals surface area contributed by atoms with Crippen LogP contribution >= 0.6 is 11.3 Å². The Kier molecular flexibility index (Phi) is 5.76. The number of ether oxygens (including phenoxy) is 1. The molecule has 0 spiro atoms. The van der Waals surface area contributed by atoms with Gasteiger partial charge in [0, 0.05) is 25.2 Å². The van der Waals surface area contributed by atoms with Crippen molar-refractivity contribution in [3.05, 3.63) is 84.7 Å². The molecule has 0 amide bonds. The summed E-state index contributed by atoms with van der Waals surface area (Å²) in [6.07, 6.45) is 4.08. The molecule has 1 atom stereocenters. The molecule has 1 fully saturated rings. The van der Waals surface area contributed by atoms with E-state index in [9.17, 15) is 9.59 Å². The lowest BCUT2D eigenvalue weighted by atomic mass is 9.96. The molecule has 0 aliphatic carbocycles. The molecule has 4 heterocycles. The van der Waals surface area contributed by atoms with Gasteiger partial charge in [-0.05, 0) is 38.3 Å². The van der Waals surface area contributed by atoms with Gasteiger partial charge in [-0.2, -0.15) is 0 Å². The summed E-state index contributed by atoms with van der Waals surface area (Å²) in [5.41, 5.74) is 1.57. The summed E-state index contributed by atoms with van der Waals surface area (Å²) >= 11 is 1.30. The molecule has 8 heteroatoms. The fourth-order valence-corrected chi connectivity index (χ4v) is 5.43. The number of carbonyl (C=O) groups excluding carboxylic acids is 1. The number of hydrogen-bond acceptors (Lipinski definition) is 7. The number of anilines is 1. The van der Waals surface area contributed by atoms with E-state index in [1.54, 1.807) is 24.5 Å². The standard InChI is InChI=1S/C25H25N3O4S/c1-3-31-24(30)21-16(2)26-25-28(22(21)17-9-5-4-6-10-17)23(29)19(33-25)15-18-11-12-20(32-18)27-13-7-8-14-27/h4-6,9-12,15,22H,3,7-8,13-14H2,1-2H3/b19-15-. The summed E-state index contributed by atoms with van der Waals surface area (Å²) in [5, 5.41) is 0. The maximum Gasteiger partial charge on any atom is 0.338 e. The van der Waals surface area contributed by atoms with Gasteiger partial charge in [0.2, 0.25) is 0 Å². The Morgan fingerprint density at radius 3 is 2.70 bits per heavy atom. The average molecular weight is 464 g/mol. The van der Waals surface area contributed by atoms with Gasteiger partial charge in [0.05, 0.1) is 28.5 Å². The van der Waals surface area contributed by atoms with Crippen LogP contribution in [0.3, 0.4) is 0 Å². The number of thiazole rings is 1. The number of furan rings is 1. The van der Waals surface area contributed by atoms with E-state index in [4.69, 9.17) is 9.15 Å². The molecule has 170 valence electrons. The van der Waals surface area contributed by atoms with Gasteiger partial charge in [0.15, 0.2) is 10.7 Å². The Morgan fingerprint density at radius 2 is 1.97 bits per heavy atom. The van der Waals surface area contributed by atoms with Gasteiger partial charge in [-0.3, -0.25) is 9.36 Å². The first kappa shape index (κ1) is 21.5. The molecule has 2 aliphatic rings. The van der Waals surface area contributed by atoms with Gasteiger partial charge in [0.1, 0.15) is 5.76 Å². The van der Waals surface area contributed by atoms with Crippen LogP contribution in [-0.4, -0.2) is 30.2 Å². The first-order chi connectivity index (χ1) is 16.1. The van der Waals surface area contributed by atoms with E-state index in [-0.39, 0.29) is 12.2 Å². The third-order valence-corrected chi connectivity index (χ3v) is 6.92. The highest BCUT2D eigenvalue weighted by molar-refractivity contribution is 7.07. The molecule has 0 radical (unpaired) electrons. The molecule has 1 unspecified atom stereocenters. The van der Waals surface area contributed by atoms with Crippen LogP contribution in [0.5, 0.6) is 0 Å². The van der Waals surface area contributed by atoms with Crippen molar-refractivity contribution in [2.24, 2.45) is 4.99 Å². The van der Waals surface area contributed by atoms with Gasteiger partial charge in [0.25, 0.3) is 5.56 Å². The van der Waals surface area contributed by atoms with Crippen LogP contribution in [0.4, 0.5) is 5.88 Å². The molecule has 0 bridgehead atoms. The van der Waals surface area contributed by atoms with E-state index in [1.165, 1.54) is 11.3 Å². The Morgan fingerprint density at radius 1 is 1.21 bits per heavy atom. The van der Waals surface area contributed by atoms with Crippen molar-refractivity contribution >= 4 is 29.3 Å². The molecule has 1 saturated heterocycles. The van der Waals surface area contributed by atoms with Gasteiger partial charge in [-0.25, -0.2) is 9.79 Å². The molecule has 3 aromatic rings. The smallest absolute Gasteiger partial charge is 0.338 e. The molecule has 5 rings (SSSR count). The summed E-state index contributed by atoms with van der Waals surface area (Å²) < 4.78 is 13.4. The number of fused-ring (bicyclic) bond motifs is 1. The zero-order valence-electron chi connectivity index (χ0n) is 18.6. The fourth-order valence-electron chi connectivity index (χ4n) is 4.40. The fraction of sp³-hybridized carbons (Fsp3) is 0.320. The van der Waals surface area contributed by atoms with Gasteiger partial charge in [-0.1, -0.05) is 41.7 Å². The van der Waals surface area contributed by atoms with Crippen molar-refractivity contribution in [3.63, 3.8) is 0 Å². The minimum absolute atomic E-state index is 0.207. The monoisotopic (exact) mass is 463 g/mol. The maximum absolute atomic E-state index is 13.6. The van der Waals surface area contributed by atoms with E-state index in [0.717, 1.165) is 37.4 Å². The van der Waals surface area contributed by atoms with E-state index < -0.39 is 12.0 Å². The lowest BCUT2D eigenvalue weighted by molar-refractivity contribution is -0.139. The minimum Gasteiger partial charge on any atom is -0.463 e. The van der Waals surface area contributed by atoms with Crippen molar-refractivity contribution in [1.29, 1.82) is 0 Å². The molecule has 33 heavy (non-hydrogen) atoms. The Hall–Kier alpha value is -3.39. The van der Waals surface area contributed by atoms with Gasteiger partial charge >= 0.3 is 5.97 Å². The predicted octanol–water partition coefficient (Wildman–Crippen LogP) is 2.99. The van der Waals surface area contributed by atoms with Crippen LogP contribution in [0.25, 0.3) is 6.08 Å². The maximum atomic E-state index is 13.6. The summed E-state index contributed by atoms with van der Waals surface area (Å²) in [6, 6.07) is 12.8. The highest BCUT2D eigenvalue weighted by atomic mass is 32.1. The van der Waals surface area contributed by atoms with E-state index >= 15 is 0 Å². The van der Waals surface area contributed by atoms with Gasteiger partial charge in [-0.15, -0.1) is 0 Å². The Balaban J connectivity index is 1.62. The minimum atomic E-state index is -0.597. The second-order valence-electron chi connectivity index (χ2n) is 8.08. The topological polar surface area (TPSA) is 77.0 Å². The van der Waals surface area contributed by atoms with E-state index in [0.29, 0.717) is 26.4 Å². The molecule has 2 aliphatic heterocycles. The molecule has 2 aromatic heterocycles. The number of nitrogens with zero attached hydrogens (tertiary/aromatic N) is 3. The molecule has 0 N–H and O–H groups in total. The molecular weight excluding hydrogens is 438 g/mol. The zero-order chi connectivity index (χ0) is 22.9. The molecular formula is C25H25N3O4S. The van der Waals surface area contributed by atoms with Crippen LogP contribution in [0.1, 0.15) is 44.1 Å². The first-order valence-corrected chi connectivity index (χ1v) is 12.0. The number of carbonyl (C=O) groups is 1. The zero-order valence-corrected chi connectivity index (χ0v) is 19.4. The van der Waals surface area contributed by atoms with Crippen LogP contribution in [0.15, 0.2) is 67.9 Å².